The lowest BCUT2D eigenvalue weighted by molar-refractivity contribution is 0.325. The highest BCUT2D eigenvalue weighted by Crippen LogP contribution is 2.36. The number of benzene rings is 1. The standard InChI is InChI=1S/C18H27N3/c1-20-10-11-21(18-9-5-4-8-17(18)20)13-15-12-14-6-2-3-7-16(14)19-15/h4-5,8-9,14-16,19H,2-3,6-7,10-13H2,1H3. The molecular weight excluding hydrogens is 258 g/mol. The number of nitrogens with one attached hydrogen (secondary N) is 1. The van der Waals surface area contributed by atoms with E-state index >= 15 is 0 Å². The maximum absolute atomic E-state index is 3.93. The molecule has 114 valence electrons. The van der Waals surface area contributed by atoms with Crippen molar-refractivity contribution in [3.63, 3.8) is 0 Å². The van der Waals surface area contributed by atoms with Crippen molar-refractivity contribution in [2.24, 2.45) is 5.92 Å². The van der Waals surface area contributed by atoms with E-state index in [1.807, 2.05) is 0 Å². The second-order valence-corrected chi connectivity index (χ2v) is 7.11. The molecule has 0 aromatic heterocycles. The van der Waals surface area contributed by atoms with E-state index in [0.29, 0.717) is 6.04 Å². The quantitative estimate of drug-likeness (QED) is 0.901. The molecular formula is C18H27N3. The molecule has 3 atom stereocenters. The molecule has 3 heteroatoms. The molecule has 2 fully saturated rings. The number of hydrogen-bond donors (Lipinski definition) is 1. The molecule has 3 nitrogen and oxygen atoms in total. The monoisotopic (exact) mass is 285 g/mol. The van der Waals surface area contributed by atoms with E-state index in [4.69, 9.17) is 0 Å². The maximum Gasteiger partial charge on any atom is 0.0605 e. The first-order chi connectivity index (χ1) is 10.3. The van der Waals surface area contributed by atoms with Crippen LogP contribution >= 0.6 is 0 Å². The van der Waals surface area contributed by atoms with Gasteiger partial charge in [-0.05, 0) is 37.3 Å². The number of likely N-dealkylation sites (N-methyl/N-ethyl adjacent to an activating group) is 1. The number of hydrogen-bond acceptors (Lipinski definition) is 3. The van der Waals surface area contributed by atoms with Gasteiger partial charge in [-0.1, -0.05) is 25.0 Å². The summed E-state index contributed by atoms with van der Waals surface area (Å²) in [6.45, 7) is 3.47. The summed E-state index contributed by atoms with van der Waals surface area (Å²) in [6.07, 6.45) is 7.12. The van der Waals surface area contributed by atoms with Crippen LogP contribution in [0.4, 0.5) is 11.4 Å². The van der Waals surface area contributed by atoms with Gasteiger partial charge < -0.3 is 15.1 Å². The van der Waals surface area contributed by atoms with E-state index in [-0.39, 0.29) is 0 Å². The van der Waals surface area contributed by atoms with Crippen molar-refractivity contribution in [1.29, 1.82) is 0 Å². The Morgan fingerprint density at radius 3 is 2.76 bits per heavy atom. The maximum atomic E-state index is 3.93. The Bertz CT molecular complexity index is 487. The first kappa shape index (κ1) is 13.4. The van der Waals surface area contributed by atoms with Crippen LogP contribution in [0.2, 0.25) is 0 Å². The van der Waals surface area contributed by atoms with E-state index in [0.717, 1.165) is 25.0 Å². The molecule has 1 N–H and O–H groups in total. The topological polar surface area (TPSA) is 18.5 Å². The minimum Gasteiger partial charge on any atom is -0.371 e. The van der Waals surface area contributed by atoms with E-state index in [9.17, 15) is 0 Å². The fourth-order valence-corrected chi connectivity index (χ4v) is 4.59. The van der Waals surface area contributed by atoms with Crippen molar-refractivity contribution in [2.45, 2.75) is 44.2 Å². The van der Waals surface area contributed by atoms with Crippen molar-refractivity contribution < 1.29 is 0 Å². The molecule has 1 aromatic rings. The van der Waals surface area contributed by atoms with Gasteiger partial charge in [-0.15, -0.1) is 0 Å². The fourth-order valence-electron chi connectivity index (χ4n) is 4.59. The van der Waals surface area contributed by atoms with Gasteiger partial charge >= 0.3 is 0 Å². The zero-order valence-electron chi connectivity index (χ0n) is 13.1. The zero-order valence-corrected chi connectivity index (χ0v) is 13.1. The van der Waals surface area contributed by atoms with Gasteiger partial charge in [0.2, 0.25) is 0 Å². The van der Waals surface area contributed by atoms with E-state index in [1.54, 1.807) is 0 Å². The van der Waals surface area contributed by atoms with Crippen LogP contribution in [-0.4, -0.2) is 38.8 Å². The third-order valence-electron chi connectivity index (χ3n) is 5.73. The molecule has 3 aliphatic rings. The van der Waals surface area contributed by atoms with Crippen LogP contribution in [0.5, 0.6) is 0 Å². The lowest BCUT2D eigenvalue weighted by Crippen LogP contribution is -2.45. The van der Waals surface area contributed by atoms with Gasteiger partial charge in [-0.2, -0.15) is 0 Å². The van der Waals surface area contributed by atoms with Crippen molar-refractivity contribution in [1.82, 2.24) is 5.32 Å². The smallest absolute Gasteiger partial charge is 0.0605 e. The van der Waals surface area contributed by atoms with Crippen LogP contribution in [0, 0.1) is 5.92 Å². The normalized spacial score (nSPS) is 32.0. The van der Waals surface area contributed by atoms with Crippen LogP contribution in [0.25, 0.3) is 0 Å². The predicted molar refractivity (Wildman–Crippen MR) is 89.2 cm³/mol. The molecule has 1 saturated heterocycles. The van der Waals surface area contributed by atoms with Crippen molar-refractivity contribution in [2.75, 3.05) is 36.5 Å². The highest BCUT2D eigenvalue weighted by Gasteiger charge is 2.36. The third-order valence-corrected chi connectivity index (χ3v) is 5.73. The van der Waals surface area contributed by atoms with Gasteiger partial charge in [0.25, 0.3) is 0 Å². The van der Waals surface area contributed by atoms with Gasteiger partial charge in [0.05, 0.1) is 11.4 Å². The molecule has 0 bridgehead atoms. The van der Waals surface area contributed by atoms with Crippen LogP contribution in [0.15, 0.2) is 24.3 Å². The average molecular weight is 285 g/mol. The molecule has 1 aromatic carbocycles. The van der Waals surface area contributed by atoms with Gasteiger partial charge in [0.15, 0.2) is 0 Å². The van der Waals surface area contributed by atoms with Gasteiger partial charge in [0, 0.05) is 38.8 Å². The average Bonchev–Trinajstić information content (AvgIpc) is 2.93. The molecule has 3 unspecified atom stereocenters. The predicted octanol–water partition coefficient (Wildman–Crippen LogP) is 2.86. The number of fused-ring (bicyclic) bond motifs is 2. The Morgan fingerprint density at radius 1 is 1.10 bits per heavy atom. The lowest BCUT2D eigenvalue weighted by Gasteiger charge is -2.38. The zero-order chi connectivity index (χ0) is 14.2. The third kappa shape index (κ3) is 2.52. The molecule has 1 aliphatic carbocycles. The molecule has 4 rings (SSSR count). The highest BCUT2D eigenvalue weighted by molar-refractivity contribution is 5.73. The summed E-state index contributed by atoms with van der Waals surface area (Å²) in [5.41, 5.74) is 2.81. The summed E-state index contributed by atoms with van der Waals surface area (Å²) in [7, 11) is 2.21. The Kier molecular flexibility index (Phi) is 3.54. The number of anilines is 2. The van der Waals surface area contributed by atoms with Crippen LogP contribution in [0.3, 0.4) is 0 Å². The summed E-state index contributed by atoms with van der Waals surface area (Å²) in [6, 6.07) is 10.4. The minimum atomic E-state index is 0.689. The minimum absolute atomic E-state index is 0.689. The molecule has 2 heterocycles. The number of rotatable bonds is 2. The van der Waals surface area contributed by atoms with Gasteiger partial charge in [0.1, 0.15) is 0 Å². The molecule has 0 spiro atoms. The highest BCUT2D eigenvalue weighted by atomic mass is 15.3. The Morgan fingerprint density at radius 2 is 1.90 bits per heavy atom. The Balaban J connectivity index is 1.47. The lowest BCUT2D eigenvalue weighted by atomic mass is 9.85. The largest absolute Gasteiger partial charge is 0.371 e. The van der Waals surface area contributed by atoms with Crippen LogP contribution in [-0.2, 0) is 0 Å². The summed E-state index contributed by atoms with van der Waals surface area (Å²) in [4.78, 5) is 4.98. The first-order valence-electron chi connectivity index (χ1n) is 8.62. The fraction of sp³-hybridized carbons (Fsp3) is 0.667. The SMILES string of the molecule is CN1CCN(CC2CC3CCCCC3N2)c2ccccc21. The van der Waals surface area contributed by atoms with E-state index < -0.39 is 0 Å². The Hall–Kier alpha value is -1.22. The van der Waals surface area contributed by atoms with Crippen molar-refractivity contribution >= 4 is 11.4 Å². The first-order valence-corrected chi connectivity index (χ1v) is 8.62. The number of para-hydroxylation sites is 2. The Labute approximate surface area is 128 Å². The summed E-state index contributed by atoms with van der Waals surface area (Å²) < 4.78 is 0. The molecule has 2 aliphatic heterocycles. The van der Waals surface area contributed by atoms with Crippen molar-refractivity contribution in [3.05, 3.63) is 24.3 Å². The van der Waals surface area contributed by atoms with E-state index in [1.165, 1.54) is 50.0 Å². The van der Waals surface area contributed by atoms with Gasteiger partial charge in [-0.3, -0.25) is 0 Å². The molecule has 0 radical (unpaired) electrons. The second-order valence-electron chi connectivity index (χ2n) is 7.11. The summed E-state index contributed by atoms with van der Waals surface area (Å²) in [5, 5.41) is 3.93. The molecule has 1 saturated carbocycles. The van der Waals surface area contributed by atoms with E-state index in [2.05, 4.69) is 46.4 Å². The summed E-state index contributed by atoms with van der Waals surface area (Å²) in [5.74, 6) is 0.950. The van der Waals surface area contributed by atoms with Crippen LogP contribution < -0.4 is 15.1 Å². The molecule has 0 amide bonds. The summed E-state index contributed by atoms with van der Waals surface area (Å²) >= 11 is 0. The molecule has 21 heavy (non-hydrogen) atoms. The second kappa shape index (κ2) is 5.53. The van der Waals surface area contributed by atoms with Crippen LogP contribution in [0.1, 0.15) is 32.1 Å². The van der Waals surface area contributed by atoms with Crippen molar-refractivity contribution in [3.8, 4) is 0 Å². The van der Waals surface area contributed by atoms with Gasteiger partial charge in [-0.25, -0.2) is 0 Å². The number of nitrogens with zero attached hydrogens (tertiary/aromatic N) is 2.